The van der Waals surface area contributed by atoms with E-state index in [1.807, 2.05) is 6.92 Å². The predicted octanol–water partition coefficient (Wildman–Crippen LogP) is 2.20. The second-order valence-electron chi connectivity index (χ2n) is 8.08. The van der Waals surface area contributed by atoms with Crippen LogP contribution in [0.4, 0.5) is 5.69 Å². The number of anilines is 1. The Hall–Kier alpha value is -2.14. The summed E-state index contributed by atoms with van der Waals surface area (Å²) in [6, 6.07) is 11.1. The van der Waals surface area contributed by atoms with Crippen LogP contribution in [-0.2, 0) is 26.5 Å². The van der Waals surface area contributed by atoms with Crippen LogP contribution in [0.3, 0.4) is 0 Å². The van der Waals surface area contributed by atoms with Gasteiger partial charge in [-0.05, 0) is 49.2 Å². The topological polar surface area (TPSA) is 95.1 Å². The third-order valence-electron chi connectivity index (χ3n) is 5.82. The number of halogens is 1. The van der Waals surface area contributed by atoms with Gasteiger partial charge < -0.3 is 4.90 Å². The lowest BCUT2D eigenvalue weighted by molar-refractivity contribution is 0.0698. The maximum atomic E-state index is 13.0. The van der Waals surface area contributed by atoms with Crippen molar-refractivity contribution in [1.29, 1.82) is 0 Å². The summed E-state index contributed by atoms with van der Waals surface area (Å²) in [5, 5.41) is 0.168. The second-order valence-corrected chi connectivity index (χ2v) is 12.3. The fraction of sp³-hybridized carbons (Fsp3) is 0.381. The molecule has 32 heavy (non-hydrogen) atoms. The van der Waals surface area contributed by atoms with Gasteiger partial charge in [-0.3, -0.25) is 9.10 Å². The number of rotatable bonds is 4. The van der Waals surface area contributed by atoms with E-state index in [9.17, 15) is 21.6 Å². The van der Waals surface area contributed by atoms with Crippen molar-refractivity contribution in [2.24, 2.45) is 0 Å². The van der Waals surface area contributed by atoms with Crippen LogP contribution in [0.25, 0.3) is 0 Å². The van der Waals surface area contributed by atoms with Crippen LogP contribution in [0.15, 0.2) is 47.4 Å². The van der Waals surface area contributed by atoms with Gasteiger partial charge in [-0.25, -0.2) is 16.8 Å². The molecule has 2 aromatic carbocycles. The molecular formula is C21H24ClN3O5S2. The van der Waals surface area contributed by atoms with E-state index in [1.54, 1.807) is 35.2 Å². The molecule has 0 spiro atoms. The van der Waals surface area contributed by atoms with Gasteiger partial charge in [-0.1, -0.05) is 23.7 Å². The number of benzene rings is 2. The van der Waals surface area contributed by atoms with Gasteiger partial charge in [0.2, 0.25) is 20.0 Å². The Morgan fingerprint density at radius 3 is 2.28 bits per heavy atom. The van der Waals surface area contributed by atoms with Crippen molar-refractivity contribution in [3.8, 4) is 0 Å². The minimum absolute atomic E-state index is 0.0598. The van der Waals surface area contributed by atoms with Crippen molar-refractivity contribution in [1.82, 2.24) is 9.21 Å². The molecule has 1 saturated heterocycles. The average molecular weight is 498 g/mol. The van der Waals surface area contributed by atoms with E-state index in [0.29, 0.717) is 17.7 Å². The molecular weight excluding hydrogens is 474 g/mol. The SMILES string of the molecule is CC1Cc2cc(C(=O)N3CCN(S(=O)(=O)c4ccccc4Cl)CC3)ccc2N1S(C)(=O)=O. The molecule has 1 unspecified atom stereocenters. The standard InChI is InChI=1S/C21H24ClN3O5S2/c1-15-13-17-14-16(7-8-19(17)25(15)31(2,27)28)21(26)23-9-11-24(12-10-23)32(29,30)20-6-4-3-5-18(20)22/h3-8,14-15H,9-13H2,1-2H3. The van der Waals surface area contributed by atoms with Crippen LogP contribution >= 0.6 is 11.6 Å². The molecule has 1 amide bonds. The van der Waals surface area contributed by atoms with Crippen LogP contribution in [0.2, 0.25) is 5.02 Å². The van der Waals surface area contributed by atoms with E-state index in [2.05, 4.69) is 0 Å². The van der Waals surface area contributed by atoms with Crippen molar-refractivity contribution in [3.63, 3.8) is 0 Å². The zero-order valence-corrected chi connectivity index (χ0v) is 20.1. The number of nitrogens with zero attached hydrogens (tertiary/aromatic N) is 3. The maximum absolute atomic E-state index is 13.0. The fourth-order valence-electron chi connectivity index (χ4n) is 4.35. The van der Waals surface area contributed by atoms with Gasteiger partial charge in [0.25, 0.3) is 5.91 Å². The molecule has 0 bridgehead atoms. The highest BCUT2D eigenvalue weighted by Crippen LogP contribution is 2.35. The summed E-state index contributed by atoms with van der Waals surface area (Å²) in [7, 11) is -7.14. The zero-order valence-electron chi connectivity index (χ0n) is 17.7. The molecule has 2 heterocycles. The van der Waals surface area contributed by atoms with E-state index in [-0.39, 0.29) is 48.0 Å². The Bertz CT molecular complexity index is 1270. The van der Waals surface area contributed by atoms with Crippen molar-refractivity contribution in [3.05, 3.63) is 58.6 Å². The normalized spacial score (nSPS) is 19.8. The van der Waals surface area contributed by atoms with Gasteiger partial charge in [-0.15, -0.1) is 0 Å². The monoisotopic (exact) mass is 497 g/mol. The van der Waals surface area contributed by atoms with E-state index in [1.165, 1.54) is 27.0 Å². The molecule has 1 atom stereocenters. The van der Waals surface area contributed by atoms with E-state index >= 15 is 0 Å². The predicted molar refractivity (Wildman–Crippen MR) is 123 cm³/mol. The molecule has 0 aliphatic carbocycles. The van der Waals surface area contributed by atoms with Crippen molar-refractivity contribution < 1.29 is 21.6 Å². The molecule has 0 aromatic heterocycles. The summed E-state index contributed by atoms with van der Waals surface area (Å²) < 4.78 is 52.7. The van der Waals surface area contributed by atoms with Gasteiger partial charge in [0.05, 0.1) is 17.0 Å². The first-order valence-corrected chi connectivity index (χ1v) is 13.8. The Balaban J connectivity index is 1.48. The summed E-state index contributed by atoms with van der Waals surface area (Å²) in [6.45, 7) is 2.68. The molecule has 2 aromatic rings. The first-order valence-electron chi connectivity index (χ1n) is 10.2. The Labute approximate surface area is 193 Å². The van der Waals surface area contributed by atoms with Gasteiger partial charge in [0.15, 0.2) is 0 Å². The van der Waals surface area contributed by atoms with E-state index in [4.69, 9.17) is 11.6 Å². The molecule has 0 saturated carbocycles. The number of hydrogen-bond donors (Lipinski definition) is 0. The number of hydrogen-bond acceptors (Lipinski definition) is 5. The van der Waals surface area contributed by atoms with Crippen LogP contribution < -0.4 is 4.31 Å². The molecule has 172 valence electrons. The highest BCUT2D eigenvalue weighted by Gasteiger charge is 2.34. The smallest absolute Gasteiger partial charge is 0.253 e. The van der Waals surface area contributed by atoms with Gasteiger partial charge in [0.1, 0.15) is 4.90 Å². The molecule has 1 fully saturated rings. The fourth-order valence-corrected chi connectivity index (χ4v) is 7.53. The third-order valence-corrected chi connectivity index (χ3v) is 9.49. The molecule has 2 aliphatic heterocycles. The quantitative estimate of drug-likeness (QED) is 0.645. The summed E-state index contributed by atoms with van der Waals surface area (Å²) in [4.78, 5) is 14.7. The Kier molecular flexibility index (Phi) is 6.00. The minimum atomic E-state index is -3.74. The van der Waals surface area contributed by atoms with Gasteiger partial charge in [0, 0.05) is 37.8 Å². The maximum Gasteiger partial charge on any atom is 0.253 e. The van der Waals surface area contributed by atoms with Gasteiger partial charge in [-0.2, -0.15) is 4.31 Å². The summed E-state index contributed by atoms with van der Waals surface area (Å²) in [6.07, 6.45) is 1.71. The highest BCUT2D eigenvalue weighted by molar-refractivity contribution is 7.92. The number of amides is 1. The van der Waals surface area contributed by atoms with Crippen LogP contribution in [0.1, 0.15) is 22.8 Å². The van der Waals surface area contributed by atoms with Crippen molar-refractivity contribution in [2.45, 2.75) is 24.3 Å². The summed E-state index contributed by atoms with van der Waals surface area (Å²) in [5.74, 6) is -0.201. The highest BCUT2D eigenvalue weighted by atomic mass is 35.5. The number of carbonyl (C=O) groups excluding carboxylic acids is 1. The van der Waals surface area contributed by atoms with Crippen LogP contribution in [-0.4, -0.2) is 70.4 Å². The number of piperazine rings is 1. The van der Waals surface area contributed by atoms with Gasteiger partial charge >= 0.3 is 0 Å². The number of sulfonamides is 2. The second kappa shape index (κ2) is 8.33. The molecule has 2 aliphatic rings. The number of fused-ring (bicyclic) bond motifs is 1. The van der Waals surface area contributed by atoms with Crippen molar-refractivity contribution in [2.75, 3.05) is 36.7 Å². The Morgan fingerprint density at radius 1 is 1.00 bits per heavy atom. The zero-order chi connectivity index (χ0) is 23.3. The summed E-state index contributed by atoms with van der Waals surface area (Å²) >= 11 is 6.07. The van der Waals surface area contributed by atoms with E-state index < -0.39 is 20.0 Å². The molecule has 11 heteroatoms. The molecule has 0 radical (unpaired) electrons. The summed E-state index contributed by atoms with van der Waals surface area (Å²) in [5.41, 5.74) is 1.88. The van der Waals surface area contributed by atoms with Crippen LogP contribution in [0.5, 0.6) is 0 Å². The van der Waals surface area contributed by atoms with E-state index in [0.717, 1.165) is 5.56 Å². The largest absolute Gasteiger partial charge is 0.336 e. The average Bonchev–Trinajstić information content (AvgIpc) is 3.08. The molecule has 0 N–H and O–H groups in total. The lowest BCUT2D eigenvalue weighted by atomic mass is 10.1. The molecule has 4 rings (SSSR count). The van der Waals surface area contributed by atoms with Crippen molar-refractivity contribution >= 4 is 43.2 Å². The van der Waals surface area contributed by atoms with Crippen LogP contribution in [0, 0.1) is 0 Å². The third kappa shape index (κ3) is 4.12. The lowest BCUT2D eigenvalue weighted by Gasteiger charge is -2.34. The lowest BCUT2D eigenvalue weighted by Crippen LogP contribution is -2.50. The molecule has 8 nitrogen and oxygen atoms in total. The number of carbonyl (C=O) groups is 1. The minimum Gasteiger partial charge on any atom is -0.336 e. The Morgan fingerprint density at radius 2 is 1.66 bits per heavy atom. The first kappa shape index (κ1) is 23.0. The first-order chi connectivity index (χ1) is 15.0.